The van der Waals surface area contributed by atoms with Crippen molar-refractivity contribution < 1.29 is 4.79 Å². The lowest BCUT2D eigenvalue weighted by atomic mass is 9.91. The lowest BCUT2D eigenvalue weighted by molar-refractivity contribution is -0.116. The Bertz CT molecular complexity index is 1200. The predicted molar refractivity (Wildman–Crippen MR) is 144 cm³/mol. The van der Waals surface area contributed by atoms with Crippen LogP contribution < -0.4 is 5.73 Å². The van der Waals surface area contributed by atoms with Crippen molar-refractivity contribution in [3.63, 3.8) is 0 Å². The van der Waals surface area contributed by atoms with Crippen molar-refractivity contribution in [2.45, 2.75) is 77.5 Å². The fraction of sp³-hybridized carbons (Fsp3) is 0.571. The summed E-state index contributed by atoms with van der Waals surface area (Å²) in [5, 5.41) is 7.05. The highest BCUT2D eigenvalue weighted by molar-refractivity contribution is 6.13. The summed E-state index contributed by atoms with van der Waals surface area (Å²) >= 11 is 0. The van der Waals surface area contributed by atoms with Crippen molar-refractivity contribution in [1.29, 1.82) is 0 Å². The van der Waals surface area contributed by atoms with Crippen molar-refractivity contribution in [2.75, 3.05) is 26.2 Å². The van der Waals surface area contributed by atoms with Crippen LogP contribution in [-0.4, -0.2) is 82.3 Å². The molecular weight excluding hydrogens is 450 g/mol. The first-order valence-electron chi connectivity index (χ1n) is 13.4. The summed E-state index contributed by atoms with van der Waals surface area (Å²) in [6.45, 7) is 9.47. The highest BCUT2D eigenvalue weighted by atomic mass is 16.1. The first kappa shape index (κ1) is 23.6. The lowest BCUT2D eigenvalue weighted by Gasteiger charge is -2.35. The number of amidine groups is 1. The van der Waals surface area contributed by atoms with E-state index in [0.29, 0.717) is 6.54 Å². The van der Waals surface area contributed by atoms with Crippen molar-refractivity contribution in [2.24, 2.45) is 20.8 Å². The summed E-state index contributed by atoms with van der Waals surface area (Å²) in [6, 6.07) is 0.430. The Hall–Kier alpha value is -2.84. The van der Waals surface area contributed by atoms with Crippen LogP contribution in [0.25, 0.3) is 0 Å². The van der Waals surface area contributed by atoms with E-state index in [9.17, 15) is 4.79 Å². The number of nitrogens with two attached hydrogens (primary N) is 1. The number of carbonyl (C=O) groups excluding carboxylic acids is 1. The molecule has 0 bridgehead atoms. The van der Waals surface area contributed by atoms with Gasteiger partial charge in [-0.2, -0.15) is 5.10 Å². The van der Waals surface area contributed by atoms with E-state index in [0.717, 1.165) is 91.4 Å². The van der Waals surface area contributed by atoms with E-state index in [2.05, 4.69) is 47.0 Å². The van der Waals surface area contributed by atoms with E-state index < -0.39 is 0 Å². The molecule has 6 aliphatic rings. The minimum atomic E-state index is 0.0128. The fourth-order valence-corrected chi connectivity index (χ4v) is 6.32. The maximum Gasteiger partial charge on any atom is 0.176 e. The monoisotopic (exact) mass is 487 g/mol. The van der Waals surface area contributed by atoms with Crippen molar-refractivity contribution >= 4 is 23.0 Å². The van der Waals surface area contributed by atoms with Gasteiger partial charge in [-0.15, -0.1) is 0 Å². The van der Waals surface area contributed by atoms with Crippen LogP contribution in [0, 0.1) is 0 Å². The SMILES string of the molecule is CC1=CN2N=C([C@@H]3CCCCN3CC(=O)C3=CCC4=NC(C)=C(C)C4=C3)CC2N=C1N1CC[C@H](N)C1. The van der Waals surface area contributed by atoms with E-state index in [1.54, 1.807) is 0 Å². The van der Waals surface area contributed by atoms with Crippen LogP contribution in [0.2, 0.25) is 0 Å². The maximum atomic E-state index is 13.4. The number of hydrogen-bond acceptors (Lipinski definition) is 8. The molecule has 2 saturated heterocycles. The maximum absolute atomic E-state index is 13.4. The zero-order valence-corrected chi connectivity index (χ0v) is 21.7. The highest BCUT2D eigenvalue weighted by Crippen LogP contribution is 2.32. The summed E-state index contributed by atoms with van der Waals surface area (Å²) in [5.41, 5.74) is 13.8. The second-order valence-corrected chi connectivity index (χ2v) is 11.0. The van der Waals surface area contributed by atoms with Gasteiger partial charge in [0.2, 0.25) is 0 Å². The number of hydrazone groups is 1. The van der Waals surface area contributed by atoms with Gasteiger partial charge in [0.25, 0.3) is 0 Å². The van der Waals surface area contributed by atoms with Crippen LogP contribution in [0.15, 0.2) is 61.4 Å². The van der Waals surface area contributed by atoms with Gasteiger partial charge in [-0.1, -0.05) is 12.5 Å². The molecule has 2 N–H and O–H groups in total. The average molecular weight is 488 g/mol. The fourth-order valence-electron chi connectivity index (χ4n) is 6.32. The van der Waals surface area contributed by atoms with Crippen LogP contribution in [-0.2, 0) is 4.79 Å². The van der Waals surface area contributed by atoms with Gasteiger partial charge in [-0.3, -0.25) is 14.7 Å². The second kappa shape index (κ2) is 9.23. The second-order valence-electron chi connectivity index (χ2n) is 11.0. The minimum absolute atomic E-state index is 0.0128. The molecule has 6 rings (SSSR count). The molecule has 0 spiro atoms. The van der Waals surface area contributed by atoms with Gasteiger partial charge in [-0.05, 0) is 58.2 Å². The Labute approximate surface area is 213 Å². The Kier molecular flexibility index (Phi) is 6.04. The average Bonchev–Trinajstić information content (AvgIpc) is 3.56. The van der Waals surface area contributed by atoms with Gasteiger partial charge in [0.15, 0.2) is 5.78 Å². The van der Waals surface area contributed by atoms with Crippen LogP contribution in [0.5, 0.6) is 0 Å². The van der Waals surface area contributed by atoms with E-state index in [4.69, 9.17) is 15.8 Å². The number of nitrogens with zero attached hydrogens (tertiary/aromatic N) is 6. The predicted octanol–water partition coefficient (Wildman–Crippen LogP) is 3.15. The number of hydrogen-bond donors (Lipinski definition) is 1. The number of rotatable bonds is 4. The van der Waals surface area contributed by atoms with Crippen LogP contribution >= 0.6 is 0 Å². The molecule has 1 aliphatic carbocycles. The van der Waals surface area contributed by atoms with Crippen molar-refractivity contribution in [1.82, 2.24) is 14.8 Å². The van der Waals surface area contributed by atoms with Gasteiger partial charge in [0, 0.05) is 60.6 Å². The molecule has 0 amide bonds. The number of aliphatic imine (C=N–C) groups is 2. The smallest absolute Gasteiger partial charge is 0.176 e. The Balaban J connectivity index is 1.16. The quantitative estimate of drug-likeness (QED) is 0.658. The molecule has 3 atom stereocenters. The third kappa shape index (κ3) is 4.20. The van der Waals surface area contributed by atoms with Gasteiger partial charge in [0.05, 0.1) is 24.0 Å². The van der Waals surface area contributed by atoms with Crippen molar-refractivity contribution in [3.05, 3.63) is 46.3 Å². The van der Waals surface area contributed by atoms with E-state index in [1.165, 1.54) is 12.0 Å². The first-order chi connectivity index (χ1) is 17.4. The molecular formula is C28H37N7O. The molecule has 5 aliphatic heterocycles. The topological polar surface area (TPSA) is 89.9 Å². The molecule has 36 heavy (non-hydrogen) atoms. The number of piperidine rings is 1. The third-order valence-corrected chi connectivity index (χ3v) is 8.46. The van der Waals surface area contributed by atoms with Gasteiger partial charge in [0.1, 0.15) is 12.0 Å². The molecule has 0 radical (unpaired) electrons. The zero-order chi connectivity index (χ0) is 25.0. The summed E-state index contributed by atoms with van der Waals surface area (Å²) in [7, 11) is 0. The number of Topliss-reactive ketones (excluding diaryl/α,β-unsaturated/α-hetero) is 1. The van der Waals surface area contributed by atoms with E-state index in [1.807, 2.05) is 11.9 Å². The molecule has 190 valence electrons. The number of ketones is 1. The van der Waals surface area contributed by atoms with Gasteiger partial charge < -0.3 is 10.6 Å². The number of allylic oxidation sites excluding steroid dienone is 5. The molecule has 0 aromatic carbocycles. The Morgan fingerprint density at radius 1 is 1.17 bits per heavy atom. The Morgan fingerprint density at radius 3 is 2.83 bits per heavy atom. The van der Waals surface area contributed by atoms with Gasteiger partial charge >= 0.3 is 0 Å². The van der Waals surface area contributed by atoms with E-state index in [-0.39, 0.29) is 24.0 Å². The number of fused-ring (bicyclic) bond motifs is 2. The third-order valence-electron chi connectivity index (χ3n) is 8.46. The van der Waals surface area contributed by atoms with Crippen LogP contribution in [0.1, 0.15) is 59.3 Å². The normalized spacial score (nSPS) is 30.4. The first-order valence-corrected chi connectivity index (χ1v) is 13.4. The van der Waals surface area contributed by atoms with Gasteiger partial charge in [-0.25, -0.2) is 10.0 Å². The number of likely N-dealkylation sites (tertiary alicyclic amines) is 2. The standard InChI is InChI=1S/C28H37N7O/c1-17-14-35-27(31-28(17)34-11-9-21(29)15-34)13-24(32-35)25-6-4-5-10-33(25)16-26(36)20-7-8-23-22(12-20)18(2)19(3)30-23/h7,12,14,21,25,27H,4-6,8-11,13,15-16,29H2,1-3H3/t21-,25-,27?/m0/s1. The molecule has 0 aromatic rings. The largest absolute Gasteiger partial charge is 0.355 e. The van der Waals surface area contributed by atoms with E-state index >= 15 is 0 Å². The number of carbonyl (C=O) groups is 1. The molecule has 1 unspecified atom stereocenters. The van der Waals surface area contributed by atoms with Crippen LogP contribution in [0.3, 0.4) is 0 Å². The van der Waals surface area contributed by atoms with Crippen molar-refractivity contribution in [3.8, 4) is 0 Å². The molecule has 0 saturated carbocycles. The molecule has 8 nitrogen and oxygen atoms in total. The zero-order valence-electron chi connectivity index (χ0n) is 21.7. The molecule has 0 aromatic heterocycles. The Morgan fingerprint density at radius 2 is 2.03 bits per heavy atom. The summed E-state index contributed by atoms with van der Waals surface area (Å²) in [5.74, 6) is 1.27. The molecule has 2 fully saturated rings. The molecule has 5 heterocycles. The lowest BCUT2D eigenvalue weighted by Crippen LogP contribution is -2.47. The minimum Gasteiger partial charge on any atom is -0.355 e. The summed E-state index contributed by atoms with van der Waals surface area (Å²) in [6.07, 6.45) is 12.2. The molecule has 8 heteroatoms. The summed E-state index contributed by atoms with van der Waals surface area (Å²) < 4.78 is 0. The van der Waals surface area contributed by atoms with Crippen LogP contribution in [0.4, 0.5) is 0 Å². The highest BCUT2D eigenvalue weighted by Gasteiger charge is 2.38. The summed E-state index contributed by atoms with van der Waals surface area (Å²) in [4.78, 5) is 27.8.